The van der Waals surface area contributed by atoms with Gasteiger partial charge in [0, 0.05) is 12.6 Å². The van der Waals surface area contributed by atoms with E-state index in [0.717, 1.165) is 24.6 Å². The molecule has 0 amide bonds. The van der Waals surface area contributed by atoms with Crippen molar-refractivity contribution in [3.8, 4) is 11.5 Å². The van der Waals surface area contributed by atoms with Crippen LogP contribution >= 0.6 is 0 Å². The lowest BCUT2D eigenvalue weighted by Crippen LogP contribution is -2.12. The van der Waals surface area contributed by atoms with Crippen LogP contribution in [0.1, 0.15) is 37.9 Å². The fourth-order valence-corrected chi connectivity index (χ4v) is 1.98. The van der Waals surface area contributed by atoms with E-state index in [1.807, 2.05) is 16.9 Å². The second-order valence-electron chi connectivity index (χ2n) is 5.22. The van der Waals surface area contributed by atoms with Crippen molar-refractivity contribution >= 4 is 0 Å². The van der Waals surface area contributed by atoms with E-state index in [-0.39, 0.29) is 0 Å². The zero-order valence-corrected chi connectivity index (χ0v) is 12.7. The minimum Gasteiger partial charge on any atom is -0.454 e. The van der Waals surface area contributed by atoms with Crippen LogP contribution in [0, 0.1) is 6.92 Å². The molecule has 4 nitrogen and oxygen atoms in total. The first-order valence-corrected chi connectivity index (χ1v) is 7.12. The maximum Gasteiger partial charge on any atom is 0.165 e. The van der Waals surface area contributed by atoms with Gasteiger partial charge in [-0.15, -0.1) is 0 Å². The largest absolute Gasteiger partial charge is 0.454 e. The second-order valence-corrected chi connectivity index (χ2v) is 5.22. The zero-order chi connectivity index (χ0) is 14.5. The smallest absolute Gasteiger partial charge is 0.165 e. The number of rotatable bonds is 6. The van der Waals surface area contributed by atoms with Crippen LogP contribution in [0.15, 0.2) is 30.6 Å². The highest BCUT2D eigenvalue weighted by molar-refractivity contribution is 5.37. The van der Waals surface area contributed by atoms with Gasteiger partial charge in [-0.3, -0.25) is 4.68 Å². The van der Waals surface area contributed by atoms with Gasteiger partial charge in [-0.25, -0.2) is 0 Å². The maximum absolute atomic E-state index is 5.85. The Morgan fingerprint density at radius 3 is 2.70 bits per heavy atom. The molecule has 0 aliphatic heterocycles. The summed E-state index contributed by atoms with van der Waals surface area (Å²) in [5, 5.41) is 7.61. The fourth-order valence-electron chi connectivity index (χ4n) is 1.98. The summed E-state index contributed by atoms with van der Waals surface area (Å²) in [4.78, 5) is 0. The Hall–Kier alpha value is -1.81. The molecule has 1 aromatic heterocycles. The standard InChI is InChI=1S/C16H23N3O/c1-5-17-9-14-6-7-15(8-13(14)4)20-16-10-18-19(11-16)12(2)3/h6-8,10-12,17H,5,9H2,1-4H3. The SMILES string of the molecule is CCNCc1ccc(Oc2cnn(C(C)C)c2)cc1C. The number of hydrogen-bond acceptors (Lipinski definition) is 3. The Morgan fingerprint density at radius 1 is 1.30 bits per heavy atom. The van der Waals surface area contributed by atoms with Crippen LogP contribution in [0.3, 0.4) is 0 Å². The van der Waals surface area contributed by atoms with Crippen LogP contribution < -0.4 is 10.1 Å². The molecule has 2 rings (SSSR count). The minimum atomic E-state index is 0.344. The molecule has 0 unspecified atom stereocenters. The van der Waals surface area contributed by atoms with Gasteiger partial charge >= 0.3 is 0 Å². The van der Waals surface area contributed by atoms with Gasteiger partial charge in [0.1, 0.15) is 5.75 Å². The van der Waals surface area contributed by atoms with Crippen molar-refractivity contribution in [1.82, 2.24) is 15.1 Å². The summed E-state index contributed by atoms with van der Waals surface area (Å²) in [5.74, 6) is 1.63. The van der Waals surface area contributed by atoms with E-state index in [9.17, 15) is 0 Å². The van der Waals surface area contributed by atoms with E-state index in [2.05, 4.69) is 50.2 Å². The minimum absolute atomic E-state index is 0.344. The molecule has 1 aromatic carbocycles. The highest BCUT2D eigenvalue weighted by Crippen LogP contribution is 2.24. The summed E-state index contributed by atoms with van der Waals surface area (Å²) in [6.07, 6.45) is 3.68. The molecule has 0 fully saturated rings. The van der Waals surface area contributed by atoms with Crippen molar-refractivity contribution in [2.75, 3.05) is 6.54 Å². The molecule has 0 saturated heterocycles. The molecule has 0 aliphatic carbocycles. The average molecular weight is 273 g/mol. The number of hydrogen-bond donors (Lipinski definition) is 1. The molecule has 0 radical (unpaired) electrons. The predicted octanol–water partition coefficient (Wildman–Crippen LogP) is 3.67. The normalized spacial score (nSPS) is 11.1. The highest BCUT2D eigenvalue weighted by Gasteiger charge is 2.05. The first-order chi connectivity index (χ1) is 9.60. The molecular formula is C16H23N3O. The summed E-state index contributed by atoms with van der Waals surface area (Å²) >= 11 is 0. The number of aromatic nitrogens is 2. The van der Waals surface area contributed by atoms with Crippen LogP contribution in [-0.4, -0.2) is 16.3 Å². The monoisotopic (exact) mass is 273 g/mol. The van der Waals surface area contributed by atoms with Crippen LogP contribution in [0.4, 0.5) is 0 Å². The van der Waals surface area contributed by atoms with Crippen LogP contribution in [0.25, 0.3) is 0 Å². The topological polar surface area (TPSA) is 39.1 Å². The summed E-state index contributed by atoms with van der Waals surface area (Å²) in [6.45, 7) is 10.3. The van der Waals surface area contributed by atoms with E-state index in [1.165, 1.54) is 11.1 Å². The summed E-state index contributed by atoms with van der Waals surface area (Å²) in [6, 6.07) is 6.53. The highest BCUT2D eigenvalue weighted by atomic mass is 16.5. The van der Waals surface area contributed by atoms with Gasteiger partial charge in [-0.1, -0.05) is 13.0 Å². The summed E-state index contributed by atoms with van der Waals surface area (Å²) in [7, 11) is 0. The lowest BCUT2D eigenvalue weighted by atomic mass is 10.1. The molecule has 0 spiro atoms. The van der Waals surface area contributed by atoms with E-state index in [1.54, 1.807) is 6.20 Å². The van der Waals surface area contributed by atoms with Crippen molar-refractivity contribution in [3.05, 3.63) is 41.7 Å². The third-order valence-electron chi connectivity index (χ3n) is 3.22. The lowest BCUT2D eigenvalue weighted by Gasteiger charge is -2.09. The fraction of sp³-hybridized carbons (Fsp3) is 0.438. The zero-order valence-electron chi connectivity index (χ0n) is 12.7. The van der Waals surface area contributed by atoms with E-state index >= 15 is 0 Å². The van der Waals surface area contributed by atoms with Crippen LogP contribution in [0.2, 0.25) is 0 Å². The summed E-state index contributed by atoms with van der Waals surface area (Å²) < 4.78 is 7.74. The number of benzene rings is 1. The molecular weight excluding hydrogens is 250 g/mol. The van der Waals surface area contributed by atoms with E-state index in [0.29, 0.717) is 6.04 Å². The molecule has 0 bridgehead atoms. The molecule has 1 N–H and O–H groups in total. The Morgan fingerprint density at radius 2 is 2.10 bits per heavy atom. The van der Waals surface area contributed by atoms with Crippen molar-refractivity contribution in [1.29, 1.82) is 0 Å². The van der Waals surface area contributed by atoms with Gasteiger partial charge in [0.15, 0.2) is 5.75 Å². The van der Waals surface area contributed by atoms with E-state index in [4.69, 9.17) is 4.74 Å². The first-order valence-electron chi connectivity index (χ1n) is 7.12. The lowest BCUT2D eigenvalue weighted by molar-refractivity contribution is 0.476. The third-order valence-corrected chi connectivity index (χ3v) is 3.22. The van der Waals surface area contributed by atoms with Crippen LogP contribution in [0.5, 0.6) is 11.5 Å². The Balaban J connectivity index is 2.07. The molecule has 0 atom stereocenters. The molecule has 108 valence electrons. The maximum atomic E-state index is 5.85. The Kier molecular flexibility index (Phi) is 4.79. The van der Waals surface area contributed by atoms with Gasteiger partial charge in [-0.05, 0) is 50.6 Å². The first kappa shape index (κ1) is 14.6. The number of ether oxygens (including phenoxy) is 1. The van der Waals surface area contributed by atoms with Gasteiger partial charge in [0.2, 0.25) is 0 Å². The molecule has 1 heterocycles. The van der Waals surface area contributed by atoms with Crippen molar-refractivity contribution < 1.29 is 4.74 Å². The Labute approximate surface area is 120 Å². The second kappa shape index (κ2) is 6.57. The summed E-state index contributed by atoms with van der Waals surface area (Å²) in [5.41, 5.74) is 2.54. The quantitative estimate of drug-likeness (QED) is 0.872. The van der Waals surface area contributed by atoms with Crippen molar-refractivity contribution in [2.45, 2.75) is 40.3 Å². The van der Waals surface area contributed by atoms with Gasteiger partial charge in [0.25, 0.3) is 0 Å². The molecule has 4 heteroatoms. The van der Waals surface area contributed by atoms with E-state index < -0.39 is 0 Å². The third kappa shape index (κ3) is 3.61. The molecule has 2 aromatic rings. The van der Waals surface area contributed by atoms with Crippen molar-refractivity contribution in [2.24, 2.45) is 0 Å². The molecule has 20 heavy (non-hydrogen) atoms. The molecule has 0 saturated carbocycles. The van der Waals surface area contributed by atoms with Gasteiger partial charge < -0.3 is 10.1 Å². The number of aryl methyl sites for hydroxylation is 1. The average Bonchev–Trinajstić information content (AvgIpc) is 2.86. The molecule has 0 aliphatic rings. The van der Waals surface area contributed by atoms with Gasteiger partial charge in [-0.2, -0.15) is 5.10 Å². The van der Waals surface area contributed by atoms with Gasteiger partial charge in [0.05, 0.1) is 12.4 Å². The predicted molar refractivity (Wildman–Crippen MR) is 81.2 cm³/mol. The number of nitrogens with one attached hydrogen (secondary N) is 1. The van der Waals surface area contributed by atoms with Crippen molar-refractivity contribution in [3.63, 3.8) is 0 Å². The Bertz CT molecular complexity index is 561. The number of nitrogens with zero attached hydrogens (tertiary/aromatic N) is 2. The van der Waals surface area contributed by atoms with Crippen LogP contribution in [-0.2, 0) is 6.54 Å².